The van der Waals surface area contributed by atoms with Gasteiger partial charge in [-0.1, -0.05) is 30.3 Å². The van der Waals surface area contributed by atoms with Crippen LogP contribution in [0.5, 0.6) is 23.0 Å². The second-order valence-corrected chi connectivity index (χ2v) is 7.40. The first-order valence-electron chi connectivity index (χ1n) is 10.1. The molecule has 0 aliphatic carbocycles. The molecule has 0 bridgehead atoms. The summed E-state index contributed by atoms with van der Waals surface area (Å²) < 4.78 is 16.6. The Kier molecular flexibility index (Phi) is 7.57. The highest BCUT2D eigenvalue weighted by molar-refractivity contribution is 5.91. The number of phenolic OH excluding ortho intramolecular Hbond substituents is 1. The van der Waals surface area contributed by atoms with Crippen LogP contribution in [0.15, 0.2) is 66.7 Å². The van der Waals surface area contributed by atoms with Crippen molar-refractivity contribution in [3.8, 4) is 23.0 Å². The van der Waals surface area contributed by atoms with Gasteiger partial charge in [0, 0.05) is 6.54 Å². The van der Waals surface area contributed by atoms with Crippen molar-refractivity contribution < 1.29 is 19.3 Å². The predicted molar refractivity (Wildman–Crippen MR) is 125 cm³/mol. The second-order valence-electron chi connectivity index (χ2n) is 7.40. The predicted octanol–water partition coefficient (Wildman–Crippen LogP) is 4.94. The summed E-state index contributed by atoms with van der Waals surface area (Å²) in [6.45, 7) is 1.50. The summed E-state index contributed by atoms with van der Waals surface area (Å²) in [5.41, 5.74) is 4.04. The Hall–Kier alpha value is -3.44. The van der Waals surface area contributed by atoms with Gasteiger partial charge in [-0.15, -0.1) is 0 Å². The SMILES string of the molecule is COc1ccc(/C=C(/c2ccc(O)cc2)c2ccc(OCCN(C)C)cc2)cc1OC. The quantitative estimate of drug-likeness (QED) is 0.498. The molecule has 3 aromatic rings. The maximum Gasteiger partial charge on any atom is 0.161 e. The maximum atomic E-state index is 9.71. The minimum absolute atomic E-state index is 0.235. The van der Waals surface area contributed by atoms with Crippen molar-refractivity contribution in [3.63, 3.8) is 0 Å². The Balaban J connectivity index is 1.96. The average molecular weight is 420 g/mol. The largest absolute Gasteiger partial charge is 0.508 e. The Bertz CT molecular complexity index is 1010. The molecule has 3 rings (SSSR count). The van der Waals surface area contributed by atoms with Crippen LogP contribution in [0.2, 0.25) is 0 Å². The summed E-state index contributed by atoms with van der Waals surface area (Å²) in [6, 6.07) is 21.1. The van der Waals surface area contributed by atoms with Gasteiger partial charge in [-0.25, -0.2) is 0 Å². The van der Waals surface area contributed by atoms with E-state index in [1.165, 1.54) is 0 Å². The van der Waals surface area contributed by atoms with Crippen LogP contribution in [0.4, 0.5) is 0 Å². The molecule has 3 aromatic carbocycles. The summed E-state index contributed by atoms with van der Waals surface area (Å²) in [5.74, 6) is 2.43. The van der Waals surface area contributed by atoms with Gasteiger partial charge in [-0.3, -0.25) is 0 Å². The highest BCUT2D eigenvalue weighted by Crippen LogP contribution is 2.32. The lowest BCUT2D eigenvalue weighted by molar-refractivity contribution is 0.261. The van der Waals surface area contributed by atoms with Gasteiger partial charge in [-0.2, -0.15) is 0 Å². The molecule has 162 valence electrons. The molecular weight excluding hydrogens is 390 g/mol. The van der Waals surface area contributed by atoms with Crippen LogP contribution in [-0.2, 0) is 0 Å². The lowest BCUT2D eigenvalue weighted by atomic mass is 9.95. The monoisotopic (exact) mass is 419 g/mol. The maximum absolute atomic E-state index is 9.71. The molecule has 0 amide bonds. The first kappa shape index (κ1) is 22.2. The number of aromatic hydroxyl groups is 1. The molecular formula is C26H29NO4. The molecule has 0 atom stereocenters. The highest BCUT2D eigenvalue weighted by atomic mass is 16.5. The van der Waals surface area contributed by atoms with Crippen molar-refractivity contribution in [2.75, 3.05) is 41.5 Å². The molecule has 0 spiro atoms. The highest BCUT2D eigenvalue weighted by Gasteiger charge is 2.09. The first-order chi connectivity index (χ1) is 15.0. The molecule has 0 aliphatic rings. The smallest absolute Gasteiger partial charge is 0.161 e. The molecule has 0 saturated heterocycles. The first-order valence-corrected chi connectivity index (χ1v) is 10.1. The molecule has 0 radical (unpaired) electrons. The van der Waals surface area contributed by atoms with Crippen molar-refractivity contribution in [1.29, 1.82) is 0 Å². The van der Waals surface area contributed by atoms with Crippen molar-refractivity contribution in [2.24, 2.45) is 0 Å². The van der Waals surface area contributed by atoms with Crippen LogP contribution < -0.4 is 14.2 Å². The Morgan fingerprint density at radius 2 is 1.45 bits per heavy atom. The lowest BCUT2D eigenvalue weighted by Gasteiger charge is -2.13. The lowest BCUT2D eigenvalue weighted by Crippen LogP contribution is -2.19. The van der Waals surface area contributed by atoms with E-state index in [9.17, 15) is 5.11 Å². The zero-order valence-electron chi connectivity index (χ0n) is 18.5. The van der Waals surface area contributed by atoms with Gasteiger partial charge in [0.1, 0.15) is 18.1 Å². The van der Waals surface area contributed by atoms with Crippen LogP contribution in [0.25, 0.3) is 11.6 Å². The van der Waals surface area contributed by atoms with E-state index in [-0.39, 0.29) is 5.75 Å². The van der Waals surface area contributed by atoms with Crippen molar-refractivity contribution >= 4 is 11.6 Å². The van der Waals surface area contributed by atoms with Crippen molar-refractivity contribution in [1.82, 2.24) is 4.90 Å². The van der Waals surface area contributed by atoms with Crippen LogP contribution in [0.3, 0.4) is 0 Å². The van der Waals surface area contributed by atoms with Gasteiger partial charge >= 0.3 is 0 Å². The summed E-state index contributed by atoms with van der Waals surface area (Å²) in [4.78, 5) is 2.09. The average Bonchev–Trinajstić information content (AvgIpc) is 2.78. The summed E-state index contributed by atoms with van der Waals surface area (Å²) >= 11 is 0. The summed E-state index contributed by atoms with van der Waals surface area (Å²) in [5, 5.41) is 9.71. The Morgan fingerprint density at radius 1 is 0.839 bits per heavy atom. The van der Waals surface area contributed by atoms with E-state index < -0.39 is 0 Å². The van der Waals surface area contributed by atoms with Crippen LogP contribution in [-0.4, -0.2) is 51.5 Å². The van der Waals surface area contributed by atoms with E-state index in [4.69, 9.17) is 14.2 Å². The van der Waals surface area contributed by atoms with Gasteiger partial charge < -0.3 is 24.2 Å². The summed E-state index contributed by atoms with van der Waals surface area (Å²) in [7, 11) is 7.29. The van der Waals surface area contributed by atoms with E-state index in [1.807, 2.05) is 68.7 Å². The molecule has 0 saturated carbocycles. The molecule has 0 heterocycles. The number of ether oxygens (including phenoxy) is 3. The molecule has 31 heavy (non-hydrogen) atoms. The number of benzene rings is 3. The zero-order chi connectivity index (χ0) is 22.2. The number of nitrogens with zero attached hydrogens (tertiary/aromatic N) is 1. The number of phenols is 1. The minimum Gasteiger partial charge on any atom is -0.508 e. The Morgan fingerprint density at radius 3 is 2.03 bits per heavy atom. The fourth-order valence-electron chi connectivity index (χ4n) is 3.16. The van der Waals surface area contributed by atoms with Crippen LogP contribution in [0, 0.1) is 0 Å². The molecule has 0 aromatic heterocycles. The second kappa shape index (κ2) is 10.5. The molecule has 0 aliphatic heterocycles. The fraction of sp³-hybridized carbons (Fsp3) is 0.231. The standard InChI is InChI=1S/C26H29NO4/c1-27(2)15-16-31-23-12-8-21(9-13-23)24(20-6-10-22(28)11-7-20)17-19-5-14-25(29-3)26(18-19)30-4/h5-14,17-18,28H,15-16H2,1-4H3/b24-17-. The van der Waals surface area contributed by atoms with E-state index in [0.29, 0.717) is 18.1 Å². The van der Waals surface area contributed by atoms with Gasteiger partial charge in [-0.05, 0) is 78.8 Å². The third-order valence-electron chi connectivity index (χ3n) is 4.87. The van der Waals surface area contributed by atoms with Gasteiger partial charge in [0.2, 0.25) is 0 Å². The molecule has 5 nitrogen and oxygen atoms in total. The normalized spacial score (nSPS) is 11.5. The van der Waals surface area contributed by atoms with E-state index in [1.54, 1.807) is 26.4 Å². The number of likely N-dealkylation sites (N-methyl/N-ethyl adjacent to an activating group) is 1. The van der Waals surface area contributed by atoms with Crippen molar-refractivity contribution in [2.45, 2.75) is 0 Å². The number of hydrogen-bond donors (Lipinski definition) is 1. The van der Waals surface area contributed by atoms with E-state index in [2.05, 4.69) is 11.0 Å². The van der Waals surface area contributed by atoms with Gasteiger partial charge in [0.15, 0.2) is 11.5 Å². The van der Waals surface area contributed by atoms with Gasteiger partial charge in [0.05, 0.1) is 14.2 Å². The third-order valence-corrected chi connectivity index (χ3v) is 4.87. The topological polar surface area (TPSA) is 51.2 Å². The fourth-order valence-corrected chi connectivity index (χ4v) is 3.16. The number of rotatable bonds is 9. The van der Waals surface area contributed by atoms with Crippen LogP contribution in [0.1, 0.15) is 16.7 Å². The minimum atomic E-state index is 0.235. The summed E-state index contributed by atoms with van der Waals surface area (Å²) in [6.07, 6.45) is 2.09. The molecule has 5 heteroatoms. The third kappa shape index (κ3) is 6.03. The van der Waals surface area contributed by atoms with E-state index >= 15 is 0 Å². The number of hydrogen-bond acceptors (Lipinski definition) is 5. The zero-order valence-corrected chi connectivity index (χ0v) is 18.5. The Labute approximate surface area is 184 Å². The van der Waals surface area contributed by atoms with Gasteiger partial charge in [0.25, 0.3) is 0 Å². The molecule has 0 unspecified atom stereocenters. The molecule has 0 fully saturated rings. The molecule has 1 N–H and O–H groups in total. The van der Waals surface area contributed by atoms with E-state index in [0.717, 1.165) is 34.6 Å². The number of methoxy groups -OCH3 is 2. The van der Waals surface area contributed by atoms with Crippen molar-refractivity contribution in [3.05, 3.63) is 83.4 Å². The van der Waals surface area contributed by atoms with Crippen LogP contribution >= 0.6 is 0 Å².